The van der Waals surface area contributed by atoms with E-state index in [1.165, 1.54) is 24.1 Å². The van der Waals surface area contributed by atoms with Gasteiger partial charge in [0.1, 0.15) is 0 Å². The molecule has 0 aromatic heterocycles. The fourth-order valence-corrected chi connectivity index (χ4v) is 2.90. The second kappa shape index (κ2) is 10.0. The number of amides is 2. The summed E-state index contributed by atoms with van der Waals surface area (Å²) in [4.78, 5) is 27.9. The molecule has 7 heteroatoms. The zero-order valence-electron chi connectivity index (χ0n) is 17.6. The number of ether oxygens (including phenoxy) is 1. The van der Waals surface area contributed by atoms with Crippen LogP contribution in [0.5, 0.6) is 5.75 Å². The van der Waals surface area contributed by atoms with Crippen molar-refractivity contribution < 1.29 is 18.7 Å². The molecule has 0 unspecified atom stereocenters. The Bertz CT molecular complexity index is 886. The van der Waals surface area contributed by atoms with Gasteiger partial charge in [-0.1, -0.05) is 18.2 Å². The molecular formula is C22H28FN3O3. The molecule has 2 aromatic carbocycles. The maximum Gasteiger partial charge on any atom is 0.238 e. The number of hydrogen-bond acceptors (Lipinski definition) is 4. The highest BCUT2D eigenvalue weighted by Gasteiger charge is 2.16. The largest absolute Gasteiger partial charge is 0.494 e. The molecule has 0 saturated carbocycles. The van der Waals surface area contributed by atoms with Crippen LogP contribution in [0.3, 0.4) is 0 Å². The van der Waals surface area contributed by atoms with E-state index >= 15 is 0 Å². The summed E-state index contributed by atoms with van der Waals surface area (Å²) in [5.41, 5.74) is 3.55. The molecule has 2 amide bonds. The molecule has 0 aliphatic heterocycles. The first kappa shape index (κ1) is 22.4. The molecule has 0 bridgehead atoms. The summed E-state index contributed by atoms with van der Waals surface area (Å²) >= 11 is 0. The Hall–Kier alpha value is -2.93. The molecular weight excluding hydrogens is 373 g/mol. The molecule has 0 fully saturated rings. The van der Waals surface area contributed by atoms with Gasteiger partial charge in [-0.2, -0.15) is 0 Å². The minimum absolute atomic E-state index is 0.0787. The van der Waals surface area contributed by atoms with Gasteiger partial charge in [-0.3, -0.25) is 14.5 Å². The molecule has 0 spiro atoms. The van der Waals surface area contributed by atoms with Crippen molar-refractivity contribution in [3.05, 3.63) is 58.9 Å². The van der Waals surface area contributed by atoms with Crippen LogP contribution in [0.25, 0.3) is 0 Å². The summed E-state index contributed by atoms with van der Waals surface area (Å²) in [6.45, 7) is 4.37. The van der Waals surface area contributed by atoms with Crippen molar-refractivity contribution in [2.75, 3.05) is 39.6 Å². The first-order valence-corrected chi connectivity index (χ1v) is 9.32. The molecule has 0 aliphatic rings. The Morgan fingerprint density at radius 1 is 1.10 bits per heavy atom. The number of rotatable bonds is 8. The maximum absolute atomic E-state index is 13.8. The quantitative estimate of drug-likeness (QED) is 0.739. The number of carbonyl (C=O) groups is 2. The lowest BCUT2D eigenvalue weighted by Crippen LogP contribution is -2.39. The Morgan fingerprint density at radius 3 is 2.48 bits per heavy atom. The number of likely N-dealkylation sites (N-methyl/N-ethyl adjacent to an activating group) is 2. The van der Waals surface area contributed by atoms with Gasteiger partial charge in [0.25, 0.3) is 0 Å². The molecule has 0 aliphatic carbocycles. The second-order valence-corrected chi connectivity index (χ2v) is 7.19. The second-order valence-electron chi connectivity index (χ2n) is 7.19. The van der Waals surface area contributed by atoms with E-state index in [0.29, 0.717) is 5.56 Å². The third-order valence-electron chi connectivity index (χ3n) is 4.76. The van der Waals surface area contributed by atoms with Crippen molar-refractivity contribution in [1.29, 1.82) is 0 Å². The van der Waals surface area contributed by atoms with E-state index in [0.717, 1.165) is 16.8 Å². The Kier molecular flexibility index (Phi) is 7.73. The SMILES string of the molecule is COc1ccc(CN(C)C(=O)CN(C)CC(=O)Nc2cccc(C)c2C)cc1F. The van der Waals surface area contributed by atoms with E-state index in [9.17, 15) is 14.0 Å². The molecule has 0 heterocycles. The molecule has 2 rings (SSSR count). The first-order valence-electron chi connectivity index (χ1n) is 9.32. The number of anilines is 1. The van der Waals surface area contributed by atoms with Crippen LogP contribution in [0.15, 0.2) is 36.4 Å². The van der Waals surface area contributed by atoms with Gasteiger partial charge in [-0.05, 0) is 55.8 Å². The van der Waals surface area contributed by atoms with Gasteiger partial charge in [-0.15, -0.1) is 0 Å². The summed E-state index contributed by atoms with van der Waals surface area (Å²) in [6.07, 6.45) is 0. The topological polar surface area (TPSA) is 61.9 Å². The number of halogens is 1. The smallest absolute Gasteiger partial charge is 0.238 e. The molecule has 156 valence electrons. The van der Waals surface area contributed by atoms with Gasteiger partial charge in [-0.25, -0.2) is 4.39 Å². The minimum atomic E-state index is -0.467. The summed E-state index contributed by atoms with van der Waals surface area (Å²) < 4.78 is 18.7. The fourth-order valence-electron chi connectivity index (χ4n) is 2.90. The van der Waals surface area contributed by atoms with Gasteiger partial charge < -0.3 is 15.0 Å². The number of carbonyl (C=O) groups excluding carboxylic acids is 2. The Labute approximate surface area is 171 Å². The molecule has 0 atom stereocenters. The predicted molar refractivity (Wildman–Crippen MR) is 111 cm³/mol. The summed E-state index contributed by atoms with van der Waals surface area (Å²) in [5.74, 6) is -0.652. The highest BCUT2D eigenvalue weighted by Crippen LogP contribution is 2.19. The third kappa shape index (κ3) is 6.29. The number of methoxy groups -OCH3 is 1. The molecule has 0 saturated heterocycles. The van der Waals surface area contributed by atoms with Crippen LogP contribution in [-0.2, 0) is 16.1 Å². The van der Waals surface area contributed by atoms with Crippen molar-refractivity contribution in [2.45, 2.75) is 20.4 Å². The summed E-state index contributed by atoms with van der Waals surface area (Å²) in [7, 11) is 4.76. The van der Waals surface area contributed by atoms with Crippen LogP contribution in [-0.4, -0.2) is 55.9 Å². The number of nitrogens with one attached hydrogen (secondary N) is 1. The standard InChI is InChI=1S/C22H28FN3O3/c1-15-7-6-8-19(16(15)2)24-21(27)13-25(3)14-22(28)26(4)12-17-9-10-20(29-5)18(23)11-17/h6-11H,12-14H2,1-5H3,(H,24,27). The lowest BCUT2D eigenvalue weighted by molar-refractivity contribution is -0.131. The van der Waals surface area contributed by atoms with E-state index in [-0.39, 0.29) is 37.2 Å². The van der Waals surface area contributed by atoms with Crippen molar-refractivity contribution >= 4 is 17.5 Å². The lowest BCUT2D eigenvalue weighted by atomic mass is 10.1. The average Bonchev–Trinajstić information content (AvgIpc) is 2.65. The lowest BCUT2D eigenvalue weighted by Gasteiger charge is -2.22. The predicted octanol–water partition coefficient (Wildman–Crippen LogP) is 2.98. The number of benzene rings is 2. The molecule has 1 N–H and O–H groups in total. The van der Waals surface area contributed by atoms with E-state index in [4.69, 9.17) is 4.74 Å². The van der Waals surface area contributed by atoms with Crippen LogP contribution in [0.1, 0.15) is 16.7 Å². The summed E-state index contributed by atoms with van der Waals surface area (Å²) in [6, 6.07) is 10.3. The van der Waals surface area contributed by atoms with Crippen molar-refractivity contribution in [3.63, 3.8) is 0 Å². The van der Waals surface area contributed by atoms with E-state index in [1.807, 2.05) is 32.0 Å². The van der Waals surface area contributed by atoms with Crippen LogP contribution < -0.4 is 10.1 Å². The highest BCUT2D eigenvalue weighted by atomic mass is 19.1. The maximum atomic E-state index is 13.8. The summed E-state index contributed by atoms with van der Waals surface area (Å²) in [5, 5.41) is 2.88. The number of nitrogens with zero attached hydrogens (tertiary/aromatic N) is 2. The first-order chi connectivity index (χ1) is 13.7. The highest BCUT2D eigenvalue weighted by molar-refractivity contribution is 5.93. The van der Waals surface area contributed by atoms with Crippen molar-refractivity contribution in [3.8, 4) is 5.75 Å². The van der Waals surface area contributed by atoms with Gasteiger partial charge in [0.15, 0.2) is 11.6 Å². The number of aryl methyl sites for hydroxylation is 1. The van der Waals surface area contributed by atoms with Crippen LogP contribution in [0.2, 0.25) is 0 Å². The van der Waals surface area contributed by atoms with Crippen LogP contribution in [0.4, 0.5) is 10.1 Å². The molecule has 2 aromatic rings. The Balaban J connectivity index is 1.86. The van der Waals surface area contributed by atoms with Gasteiger partial charge in [0, 0.05) is 19.3 Å². The van der Waals surface area contributed by atoms with E-state index < -0.39 is 5.82 Å². The third-order valence-corrected chi connectivity index (χ3v) is 4.76. The van der Waals surface area contributed by atoms with Gasteiger partial charge in [0.2, 0.25) is 11.8 Å². The zero-order chi connectivity index (χ0) is 21.6. The van der Waals surface area contributed by atoms with Crippen molar-refractivity contribution in [2.24, 2.45) is 0 Å². The fraction of sp³-hybridized carbons (Fsp3) is 0.364. The average molecular weight is 401 g/mol. The molecule has 6 nitrogen and oxygen atoms in total. The van der Waals surface area contributed by atoms with E-state index in [2.05, 4.69) is 5.32 Å². The van der Waals surface area contributed by atoms with Gasteiger partial charge >= 0.3 is 0 Å². The van der Waals surface area contributed by atoms with E-state index in [1.54, 1.807) is 25.1 Å². The van der Waals surface area contributed by atoms with Crippen LogP contribution >= 0.6 is 0 Å². The van der Waals surface area contributed by atoms with Gasteiger partial charge in [0.05, 0.1) is 20.2 Å². The monoisotopic (exact) mass is 401 g/mol. The molecule has 29 heavy (non-hydrogen) atoms. The van der Waals surface area contributed by atoms with Crippen molar-refractivity contribution in [1.82, 2.24) is 9.80 Å². The van der Waals surface area contributed by atoms with Crippen LogP contribution in [0, 0.1) is 19.7 Å². The number of hydrogen-bond donors (Lipinski definition) is 1. The Morgan fingerprint density at radius 2 is 1.83 bits per heavy atom. The normalized spacial score (nSPS) is 10.7. The molecule has 0 radical (unpaired) electrons. The minimum Gasteiger partial charge on any atom is -0.494 e. The zero-order valence-corrected chi connectivity index (χ0v) is 17.6.